The number of rotatable bonds is 2. The van der Waals surface area contributed by atoms with Crippen molar-refractivity contribution in [1.82, 2.24) is 4.98 Å². The van der Waals surface area contributed by atoms with Gasteiger partial charge in [0.05, 0.1) is 11.7 Å². The molecule has 0 aliphatic heterocycles. The van der Waals surface area contributed by atoms with Gasteiger partial charge in [0.15, 0.2) is 0 Å². The third-order valence-corrected chi connectivity index (χ3v) is 5.34. The highest BCUT2D eigenvalue weighted by Gasteiger charge is 2.22. The van der Waals surface area contributed by atoms with Crippen LogP contribution in [0.5, 0.6) is 0 Å². The van der Waals surface area contributed by atoms with Gasteiger partial charge in [0.25, 0.3) is 0 Å². The molecule has 1 aliphatic rings. The zero-order valence-corrected chi connectivity index (χ0v) is 12.6. The lowest BCUT2D eigenvalue weighted by Gasteiger charge is -2.15. The van der Waals surface area contributed by atoms with E-state index in [1.54, 1.807) is 0 Å². The lowest BCUT2D eigenvalue weighted by molar-refractivity contribution is 0.826. The number of thiazole rings is 1. The molecule has 19 heavy (non-hydrogen) atoms. The third kappa shape index (κ3) is 2.21. The van der Waals surface area contributed by atoms with E-state index in [2.05, 4.69) is 32.9 Å². The van der Waals surface area contributed by atoms with Gasteiger partial charge in [-0.2, -0.15) is 0 Å². The number of nitrogens with zero attached hydrogens (tertiary/aromatic N) is 1. The molecule has 1 unspecified atom stereocenters. The number of benzene rings is 1. The van der Waals surface area contributed by atoms with E-state index in [9.17, 15) is 0 Å². The van der Waals surface area contributed by atoms with E-state index >= 15 is 0 Å². The molecule has 1 atom stereocenters. The fraction of sp³-hybridized carbons (Fsp3) is 0.438. The first-order valence-corrected chi connectivity index (χ1v) is 7.69. The highest BCUT2D eigenvalue weighted by Crippen LogP contribution is 2.33. The summed E-state index contributed by atoms with van der Waals surface area (Å²) in [4.78, 5) is 6.20. The average molecular weight is 272 g/mol. The zero-order valence-electron chi connectivity index (χ0n) is 11.8. The SMILES string of the molecule is Cc1cc(C)c(C(N)c2nc3c(s2)CCC3)cc1C. The van der Waals surface area contributed by atoms with Crippen molar-refractivity contribution in [3.63, 3.8) is 0 Å². The summed E-state index contributed by atoms with van der Waals surface area (Å²) in [5.74, 6) is 0. The van der Waals surface area contributed by atoms with Crippen LogP contribution < -0.4 is 5.73 Å². The van der Waals surface area contributed by atoms with Crippen LogP contribution >= 0.6 is 11.3 Å². The Labute approximate surface area is 118 Å². The second-order valence-electron chi connectivity index (χ2n) is 5.55. The Morgan fingerprint density at radius 2 is 1.84 bits per heavy atom. The minimum Gasteiger partial charge on any atom is -0.318 e. The van der Waals surface area contributed by atoms with Crippen molar-refractivity contribution < 1.29 is 0 Å². The van der Waals surface area contributed by atoms with E-state index < -0.39 is 0 Å². The predicted molar refractivity (Wildman–Crippen MR) is 80.8 cm³/mol. The Morgan fingerprint density at radius 1 is 1.11 bits per heavy atom. The van der Waals surface area contributed by atoms with Gasteiger partial charge in [0.2, 0.25) is 0 Å². The number of nitrogens with two attached hydrogens (primary N) is 1. The van der Waals surface area contributed by atoms with Crippen LogP contribution in [-0.2, 0) is 12.8 Å². The Kier molecular flexibility index (Phi) is 3.19. The number of fused-ring (bicyclic) bond motifs is 1. The highest BCUT2D eigenvalue weighted by molar-refractivity contribution is 7.11. The molecule has 1 aromatic carbocycles. The molecule has 1 aliphatic carbocycles. The summed E-state index contributed by atoms with van der Waals surface area (Å²) in [6, 6.07) is 4.38. The van der Waals surface area contributed by atoms with Gasteiger partial charge in [-0.05, 0) is 62.3 Å². The van der Waals surface area contributed by atoms with Crippen molar-refractivity contribution >= 4 is 11.3 Å². The maximum Gasteiger partial charge on any atom is 0.114 e. The van der Waals surface area contributed by atoms with Crippen LogP contribution in [0, 0.1) is 20.8 Å². The normalized spacial score (nSPS) is 15.6. The Bertz CT molecular complexity index is 606. The lowest BCUT2D eigenvalue weighted by atomic mass is 9.96. The first kappa shape index (κ1) is 12.8. The molecule has 100 valence electrons. The van der Waals surface area contributed by atoms with Crippen LogP contribution in [0.25, 0.3) is 0 Å². The maximum atomic E-state index is 6.45. The van der Waals surface area contributed by atoms with E-state index in [0.717, 1.165) is 11.4 Å². The van der Waals surface area contributed by atoms with E-state index in [4.69, 9.17) is 10.7 Å². The Balaban J connectivity index is 1.99. The largest absolute Gasteiger partial charge is 0.318 e. The molecule has 2 nitrogen and oxygen atoms in total. The summed E-state index contributed by atoms with van der Waals surface area (Å²) in [5.41, 5.74) is 12.9. The van der Waals surface area contributed by atoms with Gasteiger partial charge in [-0.25, -0.2) is 4.98 Å². The quantitative estimate of drug-likeness (QED) is 0.907. The van der Waals surface area contributed by atoms with E-state index in [-0.39, 0.29) is 6.04 Å². The fourth-order valence-electron chi connectivity index (χ4n) is 2.79. The molecule has 0 saturated heterocycles. The minimum absolute atomic E-state index is 0.0742. The van der Waals surface area contributed by atoms with Gasteiger partial charge in [-0.3, -0.25) is 0 Å². The maximum absolute atomic E-state index is 6.45. The van der Waals surface area contributed by atoms with Crippen LogP contribution in [0.15, 0.2) is 12.1 Å². The summed E-state index contributed by atoms with van der Waals surface area (Å²) in [5, 5.41) is 1.08. The van der Waals surface area contributed by atoms with Crippen molar-refractivity contribution in [2.24, 2.45) is 5.73 Å². The van der Waals surface area contributed by atoms with Crippen molar-refractivity contribution in [3.05, 3.63) is 50.0 Å². The summed E-state index contributed by atoms with van der Waals surface area (Å²) in [6.07, 6.45) is 3.57. The van der Waals surface area contributed by atoms with Crippen molar-refractivity contribution in [2.45, 2.75) is 46.1 Å². The average Bonchev–Trinajstić information content (AvgIpc) is 2.93. The first-order valence-electron chi connectivity index (χ1n) is 6.88. The molecule has 2 aromatic rings. The summed E-state index contributed by atoms with van der Waals surface area (Å²) in [7, 11) is 0. The standard InChI is InChI=1S/C16H20N2S/c1-9-7-11(3)12(8-10(9)2)15(17)16-18-13-5-4-6-14(13)19-16/h7-8,15H,4-6,17H2,1-3H3. The van der Waals surface area contributed by atoms with Gasteiger partial charge in [0.1, 0.15) is 5.01 Å². The molecule has 0 bridgehead atoms. The molecule has 0 fully saturated rings. The number of hydrogen-bond acceptors (Lipinski definition) is 3. The van der Waals surface area contributed by atoms with E-state index in [1.165, 1.54) is 45.7 Å². The minimum atomic E-state index is -0.0742. The van der Waals surface area contributed by atoms with Gasteiger partial charge in [-0.15, -0.1) is 11.3 Å². The second-order valence-corrected chi connectivity index (χ2v) is 6.66. The van der Waals surface area contributed by atoms with Gasteiger partial charge in [0, 0.05) is 4.88 Å². The summed E-state index contributed by atoms with van der Waals surface area (Å²) >= 11 is 1.81. The van der Waals surface area contributed by atoms with Gasteiger partial charge in [-0.1, -0.05) is 12.1 Å². The molecule has 0 radical (unpaired) electrons. The smallest absolute Gasteiger partial charge is 0.114 e. The van der Waals surface area contributed by atoms with E-state index in [1.807, 2.05) is 11.3 Å². The predicted octanol–water partition coefficient (Wildman–Crippen LogP) is 3.61. The third-order valence-electron chi connectivity index (χ3n) is 4.10. The summed E-state index contributed by atoms with van der Waals surface area (Å²) in [6.45, 7) is 6.44. The molecule has 1 heterocycles. The molecular weight excluding hydrogens is 252 g/mol. The number of aryl methyl sites for hydroxylation is 5. The van der Waals surface area contributed by atoms with Crippen molar-refractivity contribution in [3.8, 4) is 0 Å². The monoisotopic (exact) mass is 272 g/mol. The van der Waals surface area contributed by atoms with E-state index in [0.29, 0.717) is 0 Å². The molecule has 0 amide bonds. The van der Waals surface area contributed by atoms with Crippen LogP contribution in [-0.4, -0.2) is 4.98 Å². The Hall–Kier alpha value is -1.19. The second kappa shape index (κ2) is 4.73. The molecule has 0 saturated carbocycles. The molecule has 0 spiro atoms. The fourth-order valence-corrected chi connectivity index (χ4v) is 3.97. The first-order chi connectivity index (χ1) is 9.06. The van der Waals surface area contributed by atoms with Crippen molar-refractivity contribution in [1.29, 1.82) is 0 Å². The van der Waals surface area contributed by atoms with Gasteiger partial charge >= 0.3 is 0 Å². The topological polar surface area (TPSA) is 38.9 Å². The van der Waals surface area contributed by atoms with Crippen LogP contribution in [0.3, 0.4) is 0 Å². The summed E-state index contributed by atoms with van der Waals surface area (Å²) < 4.78 is 0. The van der Waals surface area contributed by atoms with Gasteiger partial charge < -0.3 is 5.73 Å². The zero-order chi connectivity index (χ0) is 13.6. The van der Waals surface area contributed by atoms with Crippen LogP contribution in [0.1, 0.15) is 50.3 Å². The molecular formula is C16H20N2S. The molecule has 3 rings (SSSR count). The number of hydrogen-bond donors (Lipinski definition) is 1. The Morgan fingerprint density at radius 3 is 2.58 bits per heavy atom. The number of aromatic nitrogens is 1. The lowest BCUT2D eigenvalue weighted by Crippen LogP contribution is -2.13. The molecule has 3 heteroatoms. The molecule has 2 N–H and O–H groups in total. The van der Waals surface area contributed by atoms with Crippen LogP contribution in [0.4, 0.5) is 0 Å². The molecule has 1 aromatic heterocycles. The van der Waals surface area contributed by atoms with Crippen LogP contribution in [0.2, 0.25) is 0 Å². The van der Waals surface area contributed by atoms with Crippen molar-refractivity contribution in [2.75, 3.05) is 0 Å². The highest BCUT2D eigenvalue weighted by atomic mass is 32.1.